The number of ether oxygens (including phenoxy) is 6. The van der Waals surface area contributed by atoms with E-state index in [1.807, 2.05) is 20.8 Å². The lowest BCUT2D eigenvalue weighted by molar-refractivity contribution is -0.288. The highest BCUT2D eigenvalue weighted by molar-refractivity contribution is 6.32. The number of hydrogen-bond donors (Lipinski definition) is 10. The summed E-state index contributed by atoms with van der Waals surface area (Å²) < 4.78 is 34.0. The molecule has 7 amide bonds. The molecule has 0 spiro atoms. The van der Waals surface area contributed by atoms with Crippen molar-refractivity contribution in [1.82, 2.24) is 37.2 Å². The Hall–Kier alpha value is -6.74. The van der Waals surface area contributed by atoms with Gasteiger partial charge in [0.25, 0.3) is 0 Å². The lowest BCUT2D eigenvalue weighted by Gasteiger charge is -2.39. The molecule has 0 bridgehead atoms. The van der Waals surface area contributed by atoms with Gasteiger partial charge in [0.1, 0.15) is 60.5 Å². The van der Waals surface area contributed by atoms with Crippen molar-refractivity contribution in [3.63, 3.8) is 0 Å². The van der Waals surface area contributed by atoms with Crippen molar-refractivity contribution in [1.29, 1.82) is 0 Å². The zero-order chi connectivity index (χ0) is 63.6. The molecule has 2 fully saturated rings. The zero-order valence-corrected chi connectivity index (χ0v) is 51.2. The Morgan fingerprint density at radius 3 is 2.14 bits per heavy atom. The third kappa shape index (κ3) is 20.7. The molecule has 476 valence electrons. The molecular formula is C60H86ClN7O18. The number of hydrogen-bond acceptors (Lipinski definition) is 18. The van der Waals surface area contributed by atoms with Crippen LogP contribution in [0.1, 0.15) is 116 Å². The van der Waals surface area contributed by atoms with E-state index in [1.165, 1.54) is 33.4 Å². The number of esters is 2. The fraction of sp³-hybridized carbons (Fsp3) is 0.617. The first-order valence-electron chi connectivity index (χ1n) is 29.0. The number of cyclic esters (lactones) is 2. The lowest BCUT2D eigenvalue weighted by Crippen LogP contribution is -2.60. The minimum atomic E-state index is -1.63. The fourth-order valence-corrected chi connectivity index (χ4v) is 9.94. The summed E-state index contributed by atoms with van der Waals surface area (Å²) in [6.07, 6.45) is -7.52. The van der Waals surface area contributed by atoms with Gasteiger partial charge in [-0.1, -0.05) is 82.6 Å². The second-order valence-corrected chi connectivity index (χ2v) is 23.7. The summed E-state index contributed by atoms with van der Waals surface area (Å²) in [7, 11) is 4.19. The Labute approximate surface area is 506 Å². The van der Waals surface area contributed by atoms with Crippen LogP contribution in [0.3, 0.4) is 0 Å². The molecule has 25 nitrogen and oxygen atoms in total. The Morgan fingerprint density at radius 2 is 1.50 bits per heavy atom. The first-order chi connectivity index (χ1) is 40.7. The third-order valence-electron chi connectivity index (χ3n) is 15.1. The van der Waals surface area contributed by atoms with Crippen molar-refractivity contribution < 1.29 is 86.9 Å². The Kier molecular flexibility index (Phi) is 26.7. The molecule has 0 radical (unpaired) electrons. The Balaban J connectivity index is 1.28. The van der Waals surface area contributed by atoms with Crippen molar-refractivity contribution in [3.05, 3.63) is 76.3 Å². The van der Waals surface area contributed by atoms with Crippen LogP contribution in [-0.4, -0.2) is 170 Å². The Bertz CT molecular complexity index is 2710. The standard InChI is InChI=1S/C60H86ClN7O18/c1-31(2)25-42-57(79)83-40(13-11-15-46(71)66-39(27-35-19-23-41(81-9)37(61)26-35)55(77)65-30-60(6,7)59(80)85-42)33(5)52-53(86-52)36-20-17-34(18-21-36)28-64-54(76)38(67-56(78)48(32(3)4)68-47(72)16-12-14-44(69)62-8)22-24-45(70)63-29-43-49(73)50(74)51(75)58(82-10)84-43/h11,15,17-21,23,26,31-33,38-40,42-43,48-53,58,73-75H,12-14,16,22,24-25,27-30H2,1-10H3,(H,62,69)(H,63,70)(H,64,76)(H,65,77)(H,66,71)(H,67,78)(H,68,72)/b15-11+/t33-,38-,39+,40-,42-,43+,48-,49+,50-,51+,52+,53+,58+/m0/s1. The zero-order valence-electron chi connectivity index (χ0n) is 50.5. The Morgan fingerprint density at radius 1 is 0.814 bits per heavy atom. The van der Waals surface area contributed by atoms with Crippen LogP contribution in [-0.2, 0) is 79.8 Å². The van der Waals surface area contributed by atoms with Gasteiger partial charge >= 0.3 is 11.9 Å². The highest BCUT2D eigenvalue weighted by Crippen LogP contribution is 2.45. The van der Waals surface area contributed by atoms with Gasteiger partial charge in [-0.05, 0) is 79.8 Å². The molecule has 0 aliphatic carbocycles. The smallest absolute Gasteiger partial charge is 0.347 e. The number of carbonyl (C=O) groups is 9. The maximum absolute atomic E-state index is 14.0. The van der Waals surface area contributed by atoms with E-state index in [1.54, 1.807) is 70.2 Å². The average Bonchev–Trinajstić information content (AvgIpc) is 1.93. The summed E-state index contributed by atoms with van der Waals surface area (Å²) in [5.41, 5.74) is 0.712. The molecule has 2 saturated heterocycles. The van der Waals surface area contributed by atoms with Crippen molar-refractivity contribution in [2.45, 2.75) is 180 Å². The van der Waals surface area contributed by atoms with Crippen LogP contribution in [0.5, 0.6) is 5.75 Å². The first-order valence-corrected chi connectivity index (χ1v) is 29.3. The van der Waals surface area contributed by atoms with E-state index in [-0.39, 0.29) is 82.8 Å². The van der Waals surface area contributed by atoms with Gasteiger partial charge in [0.05, 0.1) is 23.7 Å². The molecule has 3 heterocycles. The van der Waals surface area contributed by atoms with Gasteiger partial charge in [-0.3, -0.25) is 38.4 Å². The van der Waals surface area contributed by atoms with Gasteiger partial charge in [-0.15, -0.1) is 0 Å². The predicted octanol–water partition coefficient (Wildman–Crippen LogP) is 1.63. The van der Waals surface area contributed by atoms with Gasteiger partial charge in [0.15, 0.2) is 12.4 Å². The number of benzene rings is 2. The topological polar surface area (TPSA) is 357 Å². The number of rotatable bonds is 25. The minimum absolute atomic E-state index is 0.0248. The monoisotopic (exact) mass is 1230 g/mol. The number of amides is 7. The third-order valence-corrected chi connectivity index (χ3v) is 15.4. The average molecular weight is 1230 g/mol. The number of halogens is 1. The molecule has 2 aromatic rings. The van der Waals surface area contributed by atoms with Crippen molar-refractivity contribution in [2.75, 3.05) is 34.4 Å². The van der Waals surface area contributed by atoms with Crippen molar-refractivity contribution in [3.8, 4) is 5.75 Å². The maximum Gasteiger partial charge on any atom is 0.347 e. The van der Waals surface area contributed by atoms with E-state index in [2.05, 4.69) is 37.2 Å². The predicted molar refractivity (Wildman–Crippen MR) is 311 cm³/mol. The highest BCUT2D eigenvalue weighted by atomic mass is 35.5. The van der Waals surface area contributed by atoms with Gasteiger partial charge in [-0.25, -0.2) is 4.79 Å². The number of aliphatic hydroxyl groups excluding tert-OH is 3. The minimum Gasteiger partial charge on any atom is -0.495 e. The quantitative estimate of drug-likeness (QED) is 0.0499. The second kappa shape index (κ2) is 32.8. The van der Waals surface area contributed by atoms with Crippen LogP contribution >= 0.6 is 11.6 Å². The van der Waals surface area contributed by atoms with Crippen LogP contribution in [0.2, 0.25) is 5.02 Å². The second-order valence-electron chi connectivity index (χ2n) is 23.3. The van der Waals surface area contributed by atoms with Gasteiger partial charge in [-0.2, -0.15) is 0 Å². The van der Waals surface area contributed by atoms with Crippen molar-refractivity contribution in [2.24, 2.45) is 23.2 Å². The fourth-order valence-electron chi connectivity index (χ4n) is 9.66. The maximum atomic E-state index is 14.0. The number of methoxy groups -OCH3 is 2. The SMILES string of the molecule is CNC(=O)CCCC(=O)N[C@H](C(=O)N[C@@H](CCC(=O)NC[C@H]1O[C@@H](OC)[C@H](O)[C@@H](O)[C@@H]1O)C(=O)NCc1ccc([C@H]2O[C@@H]2[C@@H](C)[C@@H]2C/C=C/C(=O)N[C@H](Cc3ccc(OC)c(Cl)c3)C(=O)NCC(C)(C)C(=O)O[C@@H](CC(C)C)C(=O)O2)cc1)C(C)C. The molecule has 26 heteroatoms. The normalized spacial score (nSPS) is 25.9. The molecule has 86 heavy (non-hydrogen) atoms. The van der Waals surface area contributed by atoms with Crippen LogP contribution < -0.4 is 42.0 Å². The number of epoxide rings is 1. The molecule has 2 aromatic carbocycles. The molecule has 3 aliphatic rings. The summed E-state index contributed by atoms with van der Waals surface area (Å²) >= 11 is 6.39. The van der Waals surface area contributed by atoms with Crippen molar-refractivity contribution >= 4 is 64.9 Å². The van der Waals surface area contributed by atoms with E-state index in [9.17, 15) is 58.5 Å². The molecule has 5 rings (SSSR count). The van der Waals surface area contributed by atoms with Gasteiger partial charge < -0.3 is 81.0 Å². The first kappa shape index (κ1) is 70.0. The van der Waals surface area contributed by atoms with E-state index in [4.69, 9.17) is 40.0 Å². The molecular weight excluding hydrogens is 1140 g/mol. The lowest BCUT2D eigenvalue weighted by atomic mass is 9.92. The molecule has 10 N–H and O–H groups in total. The summed E-state index contributed by atoms with van der Waals surface area (Å²) in [5, 5.41) is 50.0. The molecule has 3 aliphatic heterocycles. The van der Waals surface area contributed by atoms with E-state index < -0.39 is 138 Å². The number of aliphatic hydroxyl groups is 3. The largest absolute Gasteiger partial charge is 0.495 e. The van der Waals surface area contributed by atoms with Gasteiger partial charge in [0, 0.05) is 71.8 Å². The summed E-state index contributed by atoms with van der Waals surface area (Å²) in [6.45, 7) is 11.6. The van der Waals surface area contributed by atoms with E-state index in [0.29, 0.717) is 21.9 Å². The number of carbonyl (C=O) groups excluding carboxylic acids is 9. The van der Waals surface area contributed by atoms with E-state index in [0.717, 1.165) is 5.56 Å². The van der Waals surface area contributed by atoms with E-state index >= 15 is 0 Å². The molecule has 13 atom stereocenters. The molecule has 0 aromatic heterocycles. The number of nitrogens with one attached hydrogen (secondary N) is 7. The highest BCUT2D eigenvalue weighted by Gasteiger charge is 2.48. The summed E-state index contributed by atoms with van der Waals surface area (Å²) in [5.74, 6) is -5.98. The van der Waals surface area contributed by atoms with Crippen LogP contribution in [0, 0.1) is 23.2 Å². The van der Waals surface area contributed by atoms with Gasteiger partial charge in [0.2, 0.25) is 41.4 Å². The molecule has 0 saturated carbocycles. The summed E-state index contributed by atoms with van der Waals surface area (Å²) in [6, 6.07) is 8.64. The summed E-state index contributed by atoms with van der Waals surface area (Å²) in [4.78, 5) is 121. The van der Waals surface area contributed by atoms with Crippen LogP contribution in [0.25, 0.3) is 0 Å². The molecule has 0 unspecified atom stereocenters. The van der Waals surface area contributed by atoms with Crippen LogP contribution in [0.4, 0.5) is 0 Å². The van der Waals surface area contributed by atoms with Crippen LogP contribution in [0.15, 0.2) is 54.6 Å².